The van der Waals surface area contributed by atoms with Gasteiger partial charge in [-0.05, 0) is 12.1 Å². The third kappa shape index (κ3) is 2.49. The van der Waals surface area contributed by atoms with E-state index in [1.807, 2.05) is 30.1 Å². The van der Waals surface area contributed by atoms with Gasteiger partial charge < -0.3 is 15.5 Å². The normalized spacial score (nSPS) is 25.9. The predicted octanol–water partition coefficient (Wildman–Crippen LogP) is -0.339. The zero-order chi connectivity index (χ0) is 11.5. The molecule has 0 bridgehead atoms. The molecule has 0 spiro atoms. The summed E-state index contributed by atoms with van der Waals surface area (Å²) in [6.07, 6.45) is -1.26. The van der Waals surface area contributed by atoms with E-state index in [0.29, 0.717) is 19.6 Å². The number of nitrogens with one attached hydrogen (secondary N) is 1. The van der Waals surface area contributed by atoms with Crippen LogP contribution in [0, 0.1) is 0 Å². The van der Waals surface area contributed by atoms with Gasteiger partial charge in [-0.2, -0.15) is 0 Å². The minimum absolute atomic E-state index is 0.507. The summed E-state index contributed by atoms with van der Waals surface area (Å²) in [5, 5.41) is 21.8. The Morgan fingerprint density at radius 3 is 2.69 bits per heavy atom. The lowest BCUT2D eigenvalue weighted by Gasteiger charge is -2.14. The number of hydrogen-bond acceptors (Lipinski definition) is 5. The molecule has 0 radical (unpaired) electrons. The minimum Gasteiger partial charge on any atom is -0.389 e. The number of aliphatic hydroxyl groups excluding tert-OH is 2. The molecule has 16 heavy (non-hydrogen) atoms. The molecule has 0 aliphatic carbocycles. The van der Waals surface area contributed by atoms with Crippen molar-refractivity contribution in [1.82, 2.24) is 9.88 Å². The molecule has 5 nitrogen and oxygen atoms in total. The largest absolute Gasteiger partial charge is 0.389 e. The van der Waals surface area contributed by atoms with Crippen molar-refractivity contribution < 1.29 is 10.2 Å². The summed E-state index contributed by atoms with van der Waals surface area (Å²) < 4.78 is 0. The third-order valence-electron chi connectivity index (χ3n) is 2.78. The number of anilines is 1. The molecule has 2 heterocycles. The fourth-order valence-corrected chi connectivity index (χ4v) is 1.91. The zero-order valence-corrected chi connectivity index (χ0v) is 9.30. The second-order valence-electron chi connectivity index (χ2n) is 4.09. The van der Waals surface area contributed by atoms with Crippen molar-refractivity contribution in [2.75, 3.05) is 25.5 Å². The van der Waals surface area contributed by atoms with Crippen LogP contribution in [0.25, 0.3) is 0 Å². The van der Waals surface area contributed by atoms with E-state index >= 15 is 0 Å². The summed E-state index contributed by atoms with van der Waals surface area (Å²) >= 11 is 0. The van der Waals surface area contributed by atoms with E-state index in [0.717, 1.165) is 11.5 Å². The topological polar surface area (TPSA) is 68.6 Å². The standard InChI is InChI=1S/C11H17N3O2/c1-12-11-4-2-3-8(13-11)5-14-6-9(15)10(16)7-14/h2-4,9-10,15-16H,5-7H2,1H3,(H,12,13). The number of hydrogen-bond donors (Lipinski definition) is 3. The fourth-order valence-electron chi connectivity index (χ4n) is 1.91. The second-order valence-corrected chi connectivity index (χ2v) is 4.09. The number of β-amino-alcohol motifs (C(OH)–C–C–N with tert-alkyl or cyclic N) is 2. The first-order valence-corrected chi connectivity index (χ1v) is 5.41. The first kappa shape index (κ1) is 11.3. The summed E-state index contributed by atoms with van der Waals surface area (Å²) in [5.41, 5.74) is 0.938. The lowest BCUT2D eigenvalue weighted by atomic mass is 10.3. The van der Waals surface area contributed by atoms with E-state index in [2.05, 4.69) is 10.3 Å². The van der Waals surface area contributed by atoms with Crippen molar-refractivity contribution in [3.05, 3.63) is 23.9 Å². The van der Waals surface area contributed by atoms with Crippen molar-refractivity contribution in [2.45, 2.75) is 18.8 Å². The van der Waals surface area contributed by atoms with Crippen molar-refractivity contribution in [3.8, 4) is 0 Å². The van der Waals surface area contributed by atoms with Gasteiger partial charge in [0.15, 0.2) is 0 Å². The molecule has 0 saturated carbocycles. The van der Waals surface area contributed by atoms with Crippen LogP contribution in [0.2, 0.25) is 0 Å². The van der Waals surface area contributed by atoms with Gasteiger partial charge >= 0.3 is 0 Å². The Kier molecular flexibility index (Phi) is 3.38. The van der Waals surface area contributed by atoms with Gasteiger partial charge in [-0.3, -0.25) is 4.90 Å². The number of pyridine rings is 1. The Hall–Kier alpha value is -1.17. The molecule has 0 aromatic carbocycles. The molecular weight excluding hydrogens is 206 g/mol. The van der Waals surface area contributed by atoms with E-state index in [-0.39, 0.29) is 0 Å². The molecule has 2 atom stereocenters. The molecule has 1 aliphatic heterocycles. The van der Waals surface area contributed by atoms with E-state index < -0.39 is 12.2 Å². The lowest BCUT2D eigenvalue weighted by Crippen LogP contribution is -2.22. The average molecular weight is 223 g/mol. The average Bonchev–Trinajstić information content (AvgIpc) is 2.58. The number of nitrogens with zero attached hydrogens (tertiary/aromatic N) is 2. The van der Waals surface area contributed by atoms with E-state index in [4.69, 9.17) is 0 Å². The Bertz CT molecular complexity index is 349. The number of likely N-dealkylation sites (tertiary alicyclic amines) is 1. The number of aliphatic hydroxyl groups is 2. The molecule has 5 heteroatoms. The first-order chi connectivity index (χ1) is 7.69. The summed E-state index contributed by atoms with van der Waals surface area (Å²) in [5.74, 6) is 0.831. The van der Waals surface area contributed by atoms with Gasteiger partial charge in [-0.15, -0.1) is 0 Å². The van der Waals surface area contributed by atoms with E-state index in [9.17, 15) is 10.2 Å². The SMILES string of the molecule is CNc1cccc(CN2CC(O)C(O)C2)n1. The summed E-state index contributed by atoms with van der Waals surface area (Å²) in [6.45, 7) is 1.67. The Balaban J connectivity index is 1.99. The van der Waals surface area contributed by atoms with Crippen molar-refractivity contribution in [2.24, 2.45) is 0 Å². The van der Waals surface area contributed by atoms with Crippen LogP contribution in [-0.2, 0) is 6.54 Å². The highest BCUT2D eigenvalue weighted by molar-refractivity contribution is 5.34. The molecule has 0 amide bonds. The molecule has 1 saturated heterocycles. The van der Waals surface area contributed by atoms with Crippen LogP contribution >= 0.6 is 0 Å². The fraction of sp³-hybridized carbons (Fsp3) is 0.545. The summed E-state index contributed by atoms with van der Waals surface area (Å²) in [7, 11) is 1.83. The molecule has 1 aromatic rings. The van der Waals surface area contributed by atoms with Crippen LogP contribution in [0.1, 0.15) is 5.69 Å². The highest BCUT2D eigenvalue weighted by Gasteiger charge is 2.29. The molecule has 1 fully saturated rings. The van der Waals surface area contributed by atoms with Gasteiger partial charge in [0.2, 0.25) is 0 Å². The second kappa shape index (κ2) is 4.78. The van der Waals surface area contributed by atoms with Gasteiger partial charge in [0, 0.05) is 26.7 Å². The van der Waals surface area contributed by atoms with Crippen molar-refractivity contribution in [3.63, 3.8) is 0 Å². The van der Waals surface area contributed by atoms with Crippen LogP contribution in [0.4, 0.5) is 5.82 Å². The zero-order valence-electron chi connectivity index (χ0n) is 9.30. The van der Waals surface area contributed by atoms with Gasteiger partial charge in [-0.25, -0.2) is 4.98 Å². The van der Waals surface area contributed by atoms with Crippen LogP contribution in [-0.4, -0.2) is 52.4 Å². The molecule has 2 rings (SSSR count). The Morgan fingerprint density at radius 1 is 1.38 bits per heavy atom. The maximum Gasteiger partial charge on any atom is 0.126 e. The van der Waals surface area contributed by atoms with Gasteiger partial charge in [-0.1, -0.05) is 6.07 Å². The maximum atomic E-state index is 9.42. The van der Waals surface area contributed by atoms with Crippen LogP contribution in [0.5, 0.6) is 0 Å². The molecule has 2 unspecified atom stereocenters. The monoisotopic (exact) mass is 223 g/mol. The Morgan fingerprint density at radius 2 is 2.06 bits per heavy atom. The van der Waals surface area contributed by atoms with Crippen LogP contribution in [0.15, 0.2) is 18.2 Å². The summed E-state index contributed by atoms with van der Waals surface area (Å²) in [4.78, 5) is 6.39. The molecular formula is C11H17N3O2. The number of rotatable bonds is 3. The minimum atomic E-state index is -0.632. The molecule has 1 aliphatic rings. The quantitative estimate of drug-likeness (QED) is 0.654. The Labute approximate surface area is 94.7 Å². The summed E-state index contributed by atoms with van der Waals surface area (Å²) in [6, 6.07) is 5.78. The highest BCUT2D eigenvalue weighted by atomic mass is 16.3. The van der Waals surface area contributed by atoms with Gasteiger partial charge in [0.25, 0.3) is 0 Å². The van der Waals surface area contributed by atoms with E-state index in [1.165, 1.54) is 0 Å². The van der Waals surface area contributed by atoms with Crippen molar-refractivity contribution >= 4 is 5.82 Å². The van der Waals surface area contributed by atoms with Gasteiger partial charge in [0.05, 0.1) is 17.9 Å². The molecule has 88 valence electrons. The van der Waals surface area contributed by atoms with E-state index in [1.54, 1.807) is 0 Å². The predicted molar refractivity (Wildman–Crippen MR) is 61.1 cm³/mol. The molecule has 3 N–H and O–H groups in total. The molecule has 1 aromatic heterocycles. The van der Waals surface area contributed by atoms with Crippen LogP contribution in [0.3, 0.4) is 0 Å². The number of aromatic nitrogens is 1. The lowest BCUT2D eigenvalue weighted by molar-refractivity contribution is 0.0572. The third-order valence-corrected chi connectivity index (χ3v) is 2.78. The van der Waals surface area contributed by atoms with Crippen LogP contribution < -0.4 is 5.32 Å². The highest BCUT2D eigenvalue weighted by Crippen LogP contribution is 2.14. The van der Waals surface area contributed by atoms with Crippen molar-refractivity contribution in [1.29, 1.82) is 0 Å². The first-order valence-electron chi connectivity index (χ1n) is 5.41. The van der Waals surface area contributed by atoms with Gasteiger partial charge in [0.1, 0.15) is 5.82 Å². The maximum absolute atomic E-state index is 9.42. The smallest absolute Gasteiger partial charge is 0.126 e.